The van der Waals surface area contributed by atoms with Crippen molar-refractivity contribution in [1.29, 1.82) is 0 Å². The highest BCUT2D eigenvalue weighted by atomic mass is 35.5. The summed E-state index contributed by atoms with van der Waals surface area (Å²) >= 11 is 11.4. The molecule has 0 aromatic carbocycles. The molecule has 0 saturated carbocycles. The van der Waals surface area contributed by atoms with Crippen molar-refractivity contribution < 1.29 is 0 Å². The van der Waals surface area contributed by atoms with Crippen LogP contribution >= 0.6 is 23.2 Å². The largest absolute Gasteiger partial charge is 0.255 e. The Morgan fingerprint density at radius 3 is 2.45 bits per heavy atom. The molecular formula is C17H15Cl2N3. The van der Waals surface area contributed by atoms with Crippen LogP contribution in [0, 0.1) is 0 Å². The fourth-order valence-corrected chi connectivity index (χ4v) is 2.81. The number of nitrogens with zero attached hydrogens (tertiary/aromatic N) is 3. The van der Waals surface area contributed by atoms with Gasteiger partial charge in [-0.3, -0.25) is 4.98 Å². The lowest BCUT2D eigenvalue weighted by Gasteiger charge is -2.13. The zero-order valence-corrected chi connectivity index (χ0v) is 13.5. The summed E-state index contributed by atoms with van der Waals surface area (Å²) in [5.74, 6) is 0. The smallest absolute Gasteiger partial charge is 0.129 e. The lowest BCUT2D eigenvalue weighted by molar-refractivity contribution is 0.668. The third kappa shape index (κ3) is 3.73. The lowest BCUT2D eigenvalue weighted by atomic mass is 9.96. The zero-order valence-electron chi connectivity index (χ0n) is 12.0. The summed E-state index contributed by atoms with van der Waals surface area (Å²) < 4.78 is 0. The van der Waals surface area contributed by atoms with E-state index in [1.54, 1.807) is 12.3 Å². The number of hydrogen-bond donors (Lipinski definition) is 0. The normalized spacial score (nSPS) is 13.2. The zero-order chi connectivity index (χ0) is 15.4. The Morgan fingerprint density at radius 1 is 0.773 bits per heavy atom. The number of aryl methyl sites for hydroxylation is 2. The maximum atomic E-state index is 5.77. The van der Waals surface area contributed by atoms with Crippen LogP contribution < -0.4 is 0 Å². The highest BCUT2D eigenvalue weighted by Gasteiger charge is 2.09. The molecule has 0 N–H and O–H groups in total. The van der Waals surface area contributed by atoms with Crippen LogP contribution in [0.2, 0.25) is 10.3 Å². The number of rotatable bonds is 0. The van der Waals surface area contributed by atoms with Crippen molar-refractivity contribution >= 4 is 34.2 Å². The first-order valence-electron chi connectivity index (χ1n) is 7.24. The van der Waals surface area contributed by atoms with Crippen molar-refractivity contribution in [3.8, 4) is 0 Å². The molecule has 1 aliphatic rings. The van der Waals surface area contributed by atoms with Crippen LogP contribution in [0.25, 0.3) is 11.0 Å². The van der Waals surface area contributed by atoms with Crippen molar-refractivity contribution in [3.05, 3.63) is 64.2 Å². The van der Waals surface area contributed by atoms with Gasteiger partial charge < -0.3 is 0 Å². The van der Waals surface area contributed by atoms with E-state index in [0.29, 0.717) is 10.3 Å². The van der Waals surface area contributed by atoms with Gasteiger partial charge in [0.15, 0.2) is 0 Å². The van der Waals surface area contributed by atoms with E-state index in [-0.39, 0.29) is 0 Å². The predicted octanol–water partition coefficient (Wildman–Crippen LogP) is 4.90. The maximum Gasteiger partial charge on any atom is 0.129 e. The quantitative estimate of drug-likeness (QED) is 0.550. The molecule has 3 aromatic rings. The number of halogens is 2. The van der Waals surface area contributed by atoms with E-state index in [4.69, 9.17) is 23.2 Å². The Balaban J connectivity index is 0.000000131. The van der Waals surface area contributed by atoms with Crippen LogP contribution in [-0.2, 0) is 12.8 Å². The summed E-state index contributed by atoms with van der Waals surface area (Å²) in [4.78, 5) is 12.5. The Labute approximate surface area is 139 Å². The van der Waals surface area contributed by atoms with Gasteiger partial charge >= 0.3 is 0 Å². The first-order chi connectivity index (χ1) is 10.7. The van der Waals surface area contributed by atoms with Gasteiger partial charge in [0.1, 0.15) is 10.3 Å². The van der Waals surface area contributed by atoms with E-state index in [9.17, 15) is 0 Å². The first-order valence-corrected chi connectivity index (χ1v) is 7.99. The van der Waals surface area contributed by atoms with Gasteiger partial charge in [0.05, 0.1) is 11.0 Å². The van der Waals surface area contributed by atoms with Crippen LogP contribution in [-0.4, -0.2) is 15.0 Å². The van der Waals surface area contributed by atoms with Crippen molar-refractivity contribution in [2.24, 2.45) is 0 Å². The first kappa shape index (κ1) is 15.2. The van der Waals surface area contributed by atoms with Gasteiger partial charge in [0.2, 0.25) is 0 Å². The molecular weight excluding hydrogens is 317 g/mol. The molecule has 3 nitrogen and oxygen atoms in total. The molecule has 4 rings (SSSR count). The molecule has 0 bridgehead atoms. The Hall–Kier alpha value is -1.71. The average molecular weight is 332 g/mol. The molecule has 0 fully saturated rings. The van der Waals surface area contributed by atoms with Crippen LogP contribution in [0.1, 0.15) is 24.1 Å². The third-order valence-electron chi connectivity index (χ3n) is 3.57. The molecule has 5 heteroatoms. The molecule has 0 radical (unpaired) electrons. The van der Waals surface area contributed by atoms with Gasteiger partial charge in [0.25, 0.3) is 0 Å². The summed E-state index contributed by atoms with van der Waals surface area (Å²) in [6.07, 6.45) is 6.59. The second-order valence-corrected chi connectivity index (χ2v) is 5.90. The molecule has 0 spiro atoms. The molecule has 3 aromatic heterocycles. The fraction of sp³-hybridized carbons (Fsp3) is 0.235. The average Bonchev–Trinajstić information content (AvgIpc) is 2.55. The van der Waals surface area contributed by atoms with Gasteiger partial charge in [-0.1, -0.05) is 29.3 Å². The SMILES string of the molecule is Clc1ccc2c(n1)CCCC2.Clc1ccc2ncccc2n1. The number of hydrogen-bond acceptors (Lipinski definition) is 3. The van der Waals surface area contributed by atoms with E-state index < -0.39 is 0 Å². The minimum absolute atomic E-state index is 0.505. The molecule has 0 amide bonds. The van der Waals surface area contributed by atoms with Crippen LogP contribution in [0.5, 0.6) is 0 Å². The summed E-state index contributed by atoms with van der Waals surface area (Å²) in [5.41, 5.74) is 4.31. The molecule has 0 saturated heterocycles. The summed E-state index contributed by atoms with van der Waals surface area (Å²) in [5, 5.41) is 1.14. The van der Waals surface area contributed by atoms with Gasteiger partial charge in [0, 0.05) is 11.9 Å². The van der Waals surface area contributed by atoms with Crippen molar-refractivity contribution in [2.45, 2.75) is 25.7 Å². The standard InChI is InChI=1S/C9H10ClN.C8H5ClN2/c10-9-6-5-7-3-1-2-4-8(7)11-9;9-8-4-3-6-7(11-8)2-1-5-10-6/h5-6H,1-4H2;1-5H. The highest BCUT2D eigenvalue weighted by Crippen LogP contribution is 2.20. The number of aromatic nitrogens is 3. The molecule has 0 aliphatic heterocycles. The van der Waals surface area contributed by atoms with Crippen LogP contribution in [0.4, 0.5) is 0 Å². The molecule has 0 atom stereocenters. The lowest BCUT2D eigenvalue weighted by Crippen LogP contribution is -2.04. The molecule has 112 valence electrons. The number of fused-ring (bicyclic) bond motifs is 2. The minimum Gasteiger partial charge on any atom is -0.255 e. The van der Waals surface area contributed by atoms with Crippen LogP contribution in [0.3, 0.4) is 0 Å². The molecule has 0 unspecified atom stereocenters. The minimum atomic E-state index is 0.505. The Kier molecular flexibility index (Phi) is 4.86. The second-order valence-electron chi connectivity index (χ2n) is 5.12. The van der Waals surface area contributed by atoms with E-state index in [1.807, 2.05) is 24.3 Å². The molecule has 3 heterocycles. The van der Waals surface area contributed by atoms with Gasteiger partial charge in [-0.15, -0.1) is 0 Å². The second kappa shape index (κ2) is 7.03. The van der Waals surface area contributed by atoms with E-state index in [1.165, 1.54) is 30.5 Å². The fourth-order valence-electron chi connectivity index (χ4n) is 2.49. The van der Waals surface area contributed by atoms with E-state index in [2.05, 4.69) is 21.0 Å². The Morgan fingerprint density at radius 2 is 1.55 bits per heavy atom. The maximum absolute atomic E-state index is 5.77. The monoisotopic (exact) mass is 331 g/mol. The summed E-state index contributed by atoms with van der Waals surface area (Å²) in [6.45, 7) is 0. The van der Waals surface area contributed by atoms with Gasteiger partial charge in [-0.25, -0.2) is 9.97 Å². The molecule has 22 heavy (non-hydrogen) atoms. The topological polar surface area (TPSA) is 38.7 Å². The van der Waals surface area contributed by atoms with Crippen molar-refractivity contribution in [1.82, 2.24) is 15.0 Å². The summed E-state index contributed by atoms with van der Waals surface area (Å²) in [6, 6.07) is 11.3. The number of pyridine rings is 3. The summed E-state index contributed by atoms with van der Waals surface area (Å²) in [7, 11) is 0. The Bertz CT molecular complexity index is 790. The van der Waals surface area contributed by atoms with E-state index >= 15 is 0 Å². The van der Waals surface area contributed by atoms with Gasteiger partial charge in [-0.2, -0.15) is 0 Å². The third-order valence-corrected chi connectivity index (χ3v) is 3.99. The van der Waals surface area contributed by atoms with Crippen molar-refractivity contribution in [3.63, 3.8) is 0 Å². The molecule has 1 aliphatic carbocycles. The van der Waals surface area contributed by atoms with Crippen LogP contribution in [0.15, 0.2) is 42.6 Å². The van der Waals surface area contributed by atoms with Crippen molar-refractivity contribution in [2.75, 3.05) is 0 Å². The highest BCUT2D eigenvalue weighted by molar-refractivity contribution is 6.29. The van der Waals surface area contributed by atoms with E-state index in [0.717, 1.165) is 17.5 Å². The predicted molar refractivity (Wildman–Crippen MR) is 90.4 cm³/mol. The van der Waals surface area contributed by atoms with Gasteiger partial charge in [-0.05, 0) is 61.6 Å².